The van der Waals surface area contributed by atoms with Gasteiger partial charge in [0.25, 0.3) is 10.2 Å². The highest BCUT2D eigenvalue weighted by Gasteiger charge is 2.27. The molecule has 0 saturated carbocycles. The Morgan fingerprint density at radius 1 is 1.35 bits per heavy atom. The van der Waals surface area contributed by atoms with Gasteiger partial charge in [0.2, 0.25) is 0 Å². The maximum atomic E-state index is 13.4. The first-order chi connectivity index (χ1) is 9.47. The van der Waals surface area contributed by atoms with E-state index in [-0.39, 0.29) is 11.9 Å². The van der Waals surface area contributed by atoms with E-state index in [1.54, 1.807) is 19.9 Å². The molecule has 0 spiro atoms. The minimum Gasteiger partial charge on any atom is -0.207 e. The fraction of sp³-hybridized carbons (Fsp3) is 0.571. The smallest absolute Gasteiger partial charge is 0.207 e. The zero-order valence-corrected chi connectivity index (χ0v) is 12.7. The van der Waals surface area contributed by atoms with Crippen LogP contribution in [0, 0.1) is 5.82 Å². The third-order valence-corrected chi connectivity index (χ3v) is 5.54. The number of halogens is 1. The van der Waals surface area contributed by atoms with Crippen molar-refractivity contribution in [2.24, 2.45) is 0 Å². The van der Waals surface area contributed by atoms with E-state index in [1.807, 2.05) is 0 Å². The Morgan fingerprint density at radius 3 is 2.70 bits per heavy atom. The van der Waals surface area contributed by atoms with Crippen LogP contribution in [0.2, 0.25) is 0 Å². The summed E-state index contributed by atoms with van der Waals surface area (Å²) in [7, 11) is -3.52. The van der Waals surface area contributed by atoms with Gasteiger partial charge < -0.3 is 0 Å². The lowest BCUT2D eigenvalue weighted by Crippen LogP contribution is -2.42. The van der Waals surface area contributed by atoms with Gasteiger partial charge in [0.05, 0.1) is 0 Å². The number of aryl methyl sites for hydroxylation is 1. The summed E-state index contributed by atoms with van der Waals surface area (Å²) in [5.41, 5.74) is 1.80. The summed E-state index contributed by atoms with van der Waals surface area (Å²) >= 11 is 0. The lowest BCUT2D eigenvalue weighted by Gasteiger charge is -2.28. The molecule has 0 bridgehead atoms. The molecule has 0 aliphatic heterocycles. The van der Waals surface area contributed by atoms with Crippen LogP contribution in [0.1, 0.15) is 43.9 Å². The van der Waals surface area contributed by atoms with E-state index < -0.39 is 10.2 Å². The van der Waals surface area contributed by atoms with Crippen LogP contribution >= 0.6 is 0 Å². The summed E-state index contributed by atoms with van der Waals surface area (Å²) in [5, 5.41) is 0. The Bertz CT molecular complexity index is 571. The molecule has 2 rings (SSSR count). The first kappa shape index (κ1) is 15.4. The molecular weight excluding hydrogens is 279 g/mol. The van der Waals surface area contributed by atoms with Crippen molar-refractivity contribution in [1.29, 1.82) is 0 Å². The molecular formula is C14H21FN2O2S. The van der Waals surface area contributed by atoms with Crippen molar-refractivity contribution in [3.8, 4) is 0 Å². The zero-order valence-electron chi connectivity index (χ0n) is 11.9. The van der Waals surface area contributed by atoms with Crippen LogP contribution in [0.5, 0.6) is 0 Å². The Balaban J connectivity index is 2.26. The van der Waals surface area contributed by atoms with Gasteiger partial charge in [-0.2, -0.15) is 17.4 Å². The molecule has 0 fully saturated rings. The van der Waals surface area contributed by atoms with Gasteiger partial charge >= 0.3 is 0 Å². The molecule has 1 N–H and O–H groups in total. The second-order valence-electron chi connectivity index (χ2n) is 5.00. The molecule has 1 aromatic rings. The van der Waals surface area contributed by atoms with Crippen LogP contribution in [0.15, 0.2) is 18.2 Å². The van der Waals surface area contributed by atoms with Crippen LogP contribution < -0.4 is 4.72 Å². The number of rotatable bonds is 5. The fourth-order valence-electron chi connectivity index (χ4n) is 2.71. The van der Waals surface area contributed by atoms with Gasteiger partial charge in [-0.1, -0.05) is 19.9 Å². The molecule has 0 saturated heterocycles. The van der Waals surface area contributed by atoms with Gasteiger partial charge in [0.1, 0.15) is 5.82 Å². The second-order valence-corrected chi connectivity index (χ2v) is 6.70. The van der Waals surface area contributed by atoms with Crippen molar-refractivity contribution in [2.45, 2.75) is 39.2 Å². The molecule has 1 aliphatic carbocycles. The molecule has 1 atom stereocenters. The third-order valence-electron chi connectivity index (χ3n) is 3.76. The lowest BCUT2D eigenvalue weighted by molar-refractivity contribution is 0.416. The van der Waals surface area contributed by atoms with E-state index in [9.17, 15) is 12.8 Å². The standard InChI is InChI=1S/C14H21FN2O2S/c1-3-17(4-2)20(18,19)16-14-7-5-6-11-8-9-12(15)10-13(11)14/h8-10,14,16H,3-7H2,1-2H3. The Kier molecular flexibility index (Phi) is 4.78. The highest BCUT2D eigenvalue weighted by Crippen LogP contribution is 2.31. The third kappa shape index (κ3) is 3.19. The van der Waals surface area contributed by atoms with E-state index in [0.29, 0.717) is 19.5 Å². The summed E-state index contributed by atoms with van der Waals surface area (Å²) in [4.78, 5) is 0. The van der Waals surface area contributed by atoms with Crippen LogP contribution in [0.4, 0.5) is 4.39 Å². The number of hydrogen-bond donors (Lipinski definition) is 1. The number of fused-ring (bicyclic) bond motifs is 1. The maximum absolute atomic E-state index is 13.4. The van der Waals surface area contributed by atoms with E-state index in [2.05, 4.69) is 4.72 Å². The van der Waals surface area contributed by atoms with Crippen LogP contribution in [-0.2, 0) is 16.6 Å². The van der Waals surface area contributed by atoms with Crippen molar-refractivity contribution in [3.05, 3.63) is 35.1 Å². The summed E-state index contributed by atoms with van der Waals surface area (Å²) < 4.78 is 42.0. The van der Waals surface area contributed by atoms with Crippen molar-refractivity contribution < 1.29 is 12.8 Å². The SMILES string of the molecule is CCN(CC)S(=O)(=O)NC1CCCc2ccc(F)cc21. The van der Waals surface area contributed by atoms with Crippen molar-refractivity contribution >= 4 is 10.2 Å². The van der Waals surface area contributed by atoms with Crippen molar-refractivity contribution in [1.82, 2.24) is 9.03 Å². The molecule has 20 heavy (non-hydrogen) atoms. The van der Waals surface area contributed by atoms with Crippen LogP contribution in [-0.4, -0.2) is 25.8 Å². The molecule has 0 radical (unpaired) electrons. The number of hydrogen-bond acceptors (Lipinski definition) is 2. The van der Waals surface area contributed by atoms with Crippen molar-refractivity contribution in [3.63, 3.8) is 0 Å². The normalized spacial score (nSPS) is 19.1. The van der Waals surface area contributed by atoms with E-state index in [4.69, 9.17) is 0 Å². The zero-order chi connectivity index (χ0) is 14.8. The molecule has 1 unspecified atom stereocenters. The molecule has 0 aromatic heterocycles. The second kappa shape index (κ2) is 6.20. The number of nitrogens with zero attached hydrogens (tertiary/aromatic N) is 1. The van der Waals surface area contributed by atoms with Gasteiger partial charge in [0, 0.05) is 19.1 Å². The van der Waals surface area contributed by atoms with Crippen molar-refractivity contribution in [2.75, 3.05) is 13.1 Å². The summed E-state index contributed by atoms with van der Waals surface area (Å²) in [6.45, 7) is 4.46. The Hall–Kier alpha value is -0.980. The minimum atomic E-state index is -3.52. The topological polar surface area (TPSA) is 49.4 Å². The fourth-order valence-corrected chi connectivity index (χ4v) is 4.14. The Morgan fingerprint density at radius 2 is 2.05 bits per heavy atom. The van der Waals surface area contributed by atoms with Gasteiger partial charge in [-0.3, -0.25) is 0 Å². The summed E-state index contributed by atoms with van der Waals surface area (Å²) in [6.07, 6.45) is 2.49. The summed E-state index contributed by atoms with van der Waals surface area (Å²) in [6, 6.07) is 4.30. The predicted molar refractivity (Wildman–Crippen MR) is 77.1 cm³/mol. The summed E-state index contributed by atoms with van der Waals surface area (Å²) in [5.74, 6) is -0.322. The monoisotopic (exact) mass is 300 g/mol. The van der Waals surface area contributed by atoms with Crippen LogP contribution in [0.25, 0.3) is 0 Å². The average molecular weight is 300 g/mol. The van der Waals surface area contributed by atoms with E-state index in [1.165, 1.54) is 16.4 Å². The van der Waals surface area contributed by atoms with E-state index >= 15 is 0 Å². The maximum Gasteiger partial charge on any atom is 0.279 e. The number of benzene rings is 1. The highest BCUT2D eigenvalue weighted by molar-refractivity contribution is 7.87. The molecule has 4 nitrogen and oxygen atoms in total. The van der Waals surface area contributed by atoms with Gasteiger partial charge in [0.15, 0.2) is 0 Å². The number of nitrogens with one attached hydrogen (secondary N) is 1. The van der Waals surface area contributed by atoms with Gasteiger partial charge in [-0.05, 0) is 42.5 Å². The predicted octanol–water partition coefficient (Wildman–Crippen LogP) is 2.38. The largest absolute Gasteiger partial charge is 0.279 e. The lowest BCUT2D eigenvalue weighted by atomic mass is 9.88. The molecule has 112 valence electrons. The molecule has 6 heteroatoms. The van der Waals surface area contributed by atoms with Crippen LogP contribution in [0.3, 0.4) is 0 Å². The van der Waals surface area contributed by atoms with E-state index in [0.717, 1.165) is 24.0 Å². The first-order valence-electron chi connectivity index (χ1n) is 7.03. The molecule has 0 heterocycles. The quantitative estimate of drug-likeness (QED) is 0.907. The molecule has 1 aromatic carbocycles. The molecule has 0 amide bonds. The highest BCUT2D eigenvalue weighted by atomic mass is 32.2. The average Bonchev–Trinajstić information content (AvgIpc) is 2.40. The first-order valence-corrected chi connectivity index (χ1v) is 8.47. The molecule has 1 aliphatic rings. The van der Waals surface area contributed by atoms with Gasteiger partial charge in [-0.15, -0.1) is 0 Å². The van der Waals surface area contributed by atoms with Gasteiger partial charge in [-0.25, -0.2) is 4.39 Å². The Labute approximate surface area is 120 Å². The minimum absolute atomic E-state index is 0.322.